The summed E-state index contributed by atoms with van der Waals surface area (Å²) in [6.07, 6.45) is 0.0802. The molecule has 2 N–H and O–H groups in total. The minimum Gasteiger partial charge on any atom is -0.368 e. The third-order valence-electron chi connectivity index (χ3n) is 5.55. The van der Waals surface area contributed by atoms with Crippen molar-refractivity contribution >= 4 is 40.7 Å². The van der Waals surface area contributed by atoms with Crippen LogP contribution in [0.3, 0.4) is 0 Å². The molecule has 0 saturated carbocycles. The summed E-state index contributed by atoms with van der Waals surface area (Å²) in [4.78, 5) is 41.1. The van der Waals surface area contributed by atoms with E-state index in [1.54, 1.807) is 11.0 Å². The van der Waals surface area contributed by atoms with Gasteiger partial charge in [-0.3, -0.25) is 14.4 Å². The van der Waals surface area contributed by atoms with E-state index in [2.05, 4.69) is 15.5 Å². The number of carbonyl (C=O) groups excluding carboxylic acids is 3. The normalized spacial score (nSPS) is 18.4. The first-order valence-corrected chi connectivity index (χ1v) is 10.3. The van der Waals surface area contributed by atoms with Crippen molar-refractivity contribution in [2.75, 3.05) is 42.9 Å². The van der Waals surface area contributed by atoms with E-state index in [-0.39, 0.29) is 30.7 Å². The molecule has 0 bridgehead atoms. The first-order chi connectivity index (χ1) is 14.5. The number of anilines is 2. The quantitative estimate of drug-likeness (QED) is 0.785. The third kappa shape index (κ3) is 4.41. The van der Waals surface area contributed by atoms with Crippen LogP contribution in [0.1, 0.15) is 17.9 Å². The Hall–Kier alpha value is -3.06. The average Bonchev–Trinajstić information content (AvgIpc) is 2.77. The Labute approximate surface area is 180 Å². The molecule has 0 radical (unpaired) electrons. The van der Waals surface area contributed by atoms with E-state index in [9.17, 15) is 14.4 Å². The van der Waals surface area contributed by atoms with Gasteiger partial charge in [0.05, 0.1) is 12.5 Å². The molecule has 156 valence electrons. The highest BCUT2D eigenvalue weighted by Gasteiger charge is 2.31. The Morgan fingerprint density at radius 2 is 1.73 bits per heavy atom. The summed E-state index contributed by atoms with van der Waals surface area (Å²) in [5.74, 6) is -1.19. The molecule has 2 aliphatic heterocycles. The van der Waals surface area contributed by atoms with Crippen LogP contribution >= 0.6 is 11.6 Å². The van der Waals surface area contributed by atoms with E-state index in [1.807, 2.05) is 42.5 Å². The van der Waals surface area contributed by atoms with Crippen molar-refractivity contribution in [3.05, 3.63) is 59.1 Å². The number of amides is 3. The van der Waals surface area contributed by atoms with E-state index >= 15 is 0 Å². The Kier molecular flexibility index (Phi) is 5.90. The molecule has 8 heteroatoms. The van der Waals surface area contributed by atoms with Crippen LogP contribution in [0.5, 0.6) is 0 Å². The van der Waals surface area contributed by atoms with Crippen molar-refractivity contribution in [1.29, 1.82) is 0 Å². The molecule has 2 aromatic carbocycles. The molecular weight excluding hydrogens is 404 g/mol. The summed E-state index contributed by atoms with van der Waals surface area (Å²) in [5, 5.41) is 6.19. The lowest BCUT2D eigenvalue weighted by Crippen LogP contribution is -2.51. The Morgan fingerprint density at radius 1 is 1.03 bits per heavy atom. The van der Waals surface area contributed by atoms with E-state index in [4.69, 9.17) is 11.6 Å². The third-order valence-corrected chi connectivity index (χ3v) is 5.81. The first kappa shape index (κ1) is 20.2. The number of halogens is 1. The van der Waals surface area contributed by atoms with Crippen LogP contribution in [0.25, 0.3) is 0 Å². The molecule has 4 rings (SSSR count). The van der Waals surface area contributed by atoms with Crippen molar-refractivity contribution in [2.45, 2.75) is 12.3 Å². The SMILES string of the molecule is O=C1CC(C(=O)NCC(=O)N2CCN(c3ccc(Cl)cc3)CC2)c2ccccc2N1. The van der Waals surface area contributed by atoms with Gasteiger partial charge in [-0.1, -0.05) is 29.8 Å². The van der Waals surface area contributed by atoms with Gasteiger partial charge in [0.15, 0.2) is 0 Å². The summed E-state index contributed by atoms with van der Waals surface area (Å²) in [6, 6.07) is 14.9. The number of benzene rings is 2. The van der Waals surface area contributed by atoms with Crippen molar-refractivity contribution < 1.29 is 14.4 Å². The zero-order valence-corrected chi connectivity index (χ0v) is 17.2. The number of hydrogen-bond donors (Lipinski definition) is 2. The summed E-state index contributed by atoms with van der Waals surface area (Å²) >= 11 is 5.94. The largest absolute Gasteiger partial charge is 0.368 e. The number of rotatable bonds is 4. The number of para-hydroxylation sites is 1. The van der Waals surface area contributed by atoms with Gasteiger partial charge in [0.2, 0.25) is 17.7 Å². The molecule has 1 unspecified atom stereocenters. The maximum Gasteiger partial charge on any atom is 0.242 e. The first-order valence-electron chi connectivity index (χ1n) is 9.96. The molecule has 1 atom stereocenters. The highest BCUT2D eigenvalue weighted by molar-refractivity contribution is 6.30. The van der Waals surface area contributed by atoms with Crippen molar-refractivity contribution in [2.24, 2.45) is 0 Å². The van der Waals surface area contributed by atoms with Gasteiger partial charge in [-0.05, 0) is 35.9 Å². The molecule has 2 aromatic rings. The average molecular weight is 427 g/mol. The van der Waals surface area contributed by atoms with Gasteiger partial charge in [0.25, 0.3) is 0 Å². The van der Waals surface area contributed by atoms with Gasteiger partial charge < -0.3 is 20.4 Å². The smallest absolute Gasteiger partial charge is 0.242 e. The fourth-order valence-corrected chi connectivity index (χ4v) is 4.03. The second-order valence-electron chi connectivity index (χ2n) is 7.45. The highest BCUT2D eigenvalue weighted by Crippen LogP contribution is 2.31. The lowest BCUT2D eigenvalue weighted by atomic mass is 9.90. The van der Waals surface area contributed by atoms with Crippen LogP contribution in [0.2, 0.25) is 5.02 Å². The van der Waals surface area contributed by atoms with Crippen LogP contribution in [0.15, 0.2) is 48.5 Å². The summed E-state index contributed by atoms with van der Waals surface area (Å²) < 4.78 is 0. The Morgan fingerprint density at radius 3 is 2.47 bits per heavy atom. The van der Waals surface area contributed by atoms with E-state index in [0.717, 1.165) is 24.3 Å². The number of carbonyl (C=O) groups is 3. The van der Waals surface area contributed by atoms with Crippen LogP contribution in [-0.4, -0.2) is 55.3 Å². The maximum absolute atomic E-state index is 12.7. The van der Waals surface area contributed by atoms with Gasteiger partial charge in [-0.25, -0.2) is 0 Å². The summed E-state index contributed by atoms with van der Waals surface area (Å²) in [7, 11) is 0. The van der Waals surface area contributed by atoms with E-state index in [0.29, 0.717) is 23.8 Å². The van der Waals surface area contributed by atoms with Crippen LogP contribution < -0.4 is 15.5 Å². The van der Waals surface area contributed by atoms with Gasteiger partial charge in [-0.2, -0.15) is 0 Å². The lowest BCUT2D eigenvalue weighted by Gasteiger charge is -2.36. The molecule has 0 aromatic heterocycles. The van der Waals surface area contributed by atoms with Crippen molar-refractivity contribution in [3.63, 3.8) is 0 Å². The van der Waals surface area contributed by atoms with Gasteiger partial charge in [0.1, 0.15) is 0 Å². The zero-order chi connectivity index (χ0) is 21.1. The molecule has 2 aliphatic rings. The number of nitrogens with zero attached hydrogens (tertiary/aromatic N) is 2. The standard InChI is InChI=1S/C22H23ClN4O3/c23-15-5-7-16(8-6-15)26-9-11-27(12-10-26)21(29)14-24-22(30)18-13-20(28)25-19-4-2-1-3-17(18)19/h1-8,18H,9-14H2,(H,24,30)(H,25,28). The Bertz CT molecular complexity index is 955. The van der Waals surface area contributed by atoms with Crippen LogP contribution in [0, 0.1) is 0 Å². The van der Waals surface area contributed by atoms with Crippen molar-refractivity contribution in [1.82, 2.24) is 10.2 Å². The summed E-state index contributed by atoms with van der Waals surface area (Å²) in [6.45, 7) is 2.55. The number of fused-ring (bicyclic) bond motifs is 1. The molecule has 2 heterocycles. The molecule has 7 nitrogen and oxygen atoms in total. The van der Waals surface area contributed by atoms with Gasteiger partial charge in [0, 0.05) is 49.0 Å². The minimum atomic E-state index is -0.579. The predicted molar refractivity (Wildman–Crippen MR) is 116 cm³/mol. The molecular formula is C22H23ClN4O3. The molecule has 0 spiro atoms. The molecule has 3 amide bonds. The Balaban J connectivity index is 1.30. The van der Waals surface area contributed by atoms with Crippen LogP contribution in [0.4, 0.5) is 11.4 Å². The van der Waals surface area contributed by atoms with Gasteiger partial charge in [-0.15, -0.1) is 0 Å². The molecule has 1 saturated heterocycles. The van der Waals surface area contributed by atoms with Crippen molar-refractivity contribution in [3.8, 4) is 0 Å². The fraction of sp³-hybridized carbons (Fsp3) is 0.318. The minimum absolute atomic E-state index is 0.0694. The van der Waals surface area contributed by atoms with E-state index < -0.39 is 5.92 Å². The number of nitrogens with one attached hydrogen (secondary N) is 2. The maximum atomic E-state index is 12.7. The predicted octanol–water partition coefficient (Wildman–Crippen LogP) is 2.23. The molecule has 1 fully saturated rings. The van der Waals surface area contributed by atoms with Gasteiger partial charge >= 0.3 is 0 Å². The highest BCUT2D eigenvalue weighted by atomic mass is 35.5. The van der Waals surface area contributed by atoms with E-state index in [1.165, 1.54) is 0 Å². The van der Waals surface area contributed by atoms with Crippen LogP contribution in [-0.2, 0) is 14.4 Å². The monoisotopic (exact) mass is 426 g/mol. The number of piperazine rings is 1. The number of hydrogen-bond acceptors (Lipinski definition) is 4. The second-order valence-corrected chi connectivity index (χ2v) is 7.89. The topological polar surface area (TPSA) is 81.8 Å². The zero-order valence-electron chi connectivity index (χ0n) is 16.4. The summed E-state index contributed by atoms with van der Waals surface area (Å²) in [5.41, 5.74) is 2.51. The second kappa shape index (κ2) is 8.75. The lowest BCUT2D eigenvalue weighted by molar-refractivity contribution is -0.133. The molecule has 0 aliphatic carbocycles. The fourth-order valence-electron chi connectivity index (χ4n) is 3.91. The molecule has 30 heavy (non-hydrogen) atoms.